The molecular weight excluding hydrogens is 260 g/mol. The van der Waals surface area contributed by atoms with Crippen molar-refractivity contribution < 1.29 is 19.7 Å². The Labute approximate surface area is 117 Å². The van der Waals surface area contributed by atoms with Gasteiger partial charge >= 0.3 is 0 Å². The van der Waals surface area contributed by atoms with Gasteiger partial charge in [-0.2, -0.15) is 0 Å². The number of para-hydroxylation sites is 1. The van der Waals surface area contributed by atoms with Crippen LogP contribution in [0, 0.1) is 0 Å². The molecule has 1 aromatic carbocycles. The number of fused-ring (bicyclic) bond motifs is 1. The van der Waals surface area contributed by atoms with Crippen molar-refractivity contribution in [3.63, 3.8) is 0 Å². The molecule has 0 radical (unpaired) electrons. The van der Waals surface area contributed by atoms with Gasteiger partial charge in [-0.3, -0.25) is 0 Å². The maximum absolute atomic E-state index is 9.30. The number of aliphatic hydroxyl groups is 2. The number of anilines is 1. The second-order valence-corrected chi connectivity index (χ2v) is 5.12. The van der Waals surface area contributed by atoms with Crippen LogP contribution < -0.4 is 19.7 Å². The quantitative estimate of drug-likeness (QED) is 0.699. The molecule has 1 fully saturated rings. The van der Waals surface area contributed by atoms with Gasteiger partial charge in [0.2, 0.25) is 0 Å². The van der Waals surface area contributed by atoms with Crippen molar-refractivity contribution in [1.82, 2.24) is 5.32 Å². The molecule has 0 spiro atoms. The highest BCUT2D eigenvalue weighted by atomic mass is 16.6. The molecule has 2 unspecified atom stereocenters. The third kappa shape index (κ3) is 2.54. The molecule has 6 nitrogen and oxygen atoms in total. The van der Waals surface area contributed by atoms with Crippen molar-refractivity contribution in [3.8, 4) is 11.5 Å². The van der Waals surface area contributed by atoms with Gasteiger partial charge in [0, 0.05) is 25.7 Å². The minimum atomic E-state index is -0.319. The van der Waals surface area contributed by atoms with E-state index in [2.05, 4.69) is 10.2 Å². The van der Waals surface area contributed by atoms with E-state index in [-0.39, 0.29) is 25.4 Å². The number of ether oxygens (including phenoxy) is 2. The summed E-state index contributed by atoms with van der Waals surface area (Å²) < 4.78 is 11.5. The summed E-state index contributed by atoms with van der Waals surface area (Å²) >= 11 is 0. The summed E-state index contributed by atoms with van der Waals surface area (Å²) in [7, 11) is 0. The van der Waals surface area contributed by atoms with Crippen LogP contribution in [0.3, 0.4) is 0 Å². The van der Waals surface area contributed by atoms with Gasteiger partial charge < -0.3 is 29.9 Å². The van der Waals surface area contributed by atoms with Crippen molar-refractivity contribution in [1.29, 1.82) is 0 Å². The molecule has 3 rings (SSSR count). The Kier molecular flexibility index (Phi) is 3.95. The number of nitrogens with zero attached hydrogens (tertiary/aromatic N) is 1. The average Bonchev–Trinajstić information content (AvgIpc) is 2.53. The first-order valence-corrected chi connectivity index (χ1v) is 6.94. The summed E-state index contributed by atoms with van der Waals surface area (Å²) in [5.74, 6) is 1.41. The van der Waals surface area contributed by atoms with Gasteiger partial charge in [-0.05, 0) is 12.1 Å². The maximum atomic E-state index is 9.30. The van der Waals surface area contributed by atoms with E-state index in [4.69, 9.17) is 9.47 Å². The Morgan fingerprint density at radius 3 is 3.00 bits per heavy atom. The maximum Gasteiger partial charge on any atom is 0.185 e. The Bertz CT molecular complexity index is 468. The molecule has 0 bridgehead atoms. The van der Waals surface area contributed by atoms with Gasteiger partial charge in [-0.15, -0.1) is 0 Å². The van der Waals surface area contributed by atoms with E-state index in [0.29, 0.717) is 18.1 Å². The number of rotatable bonds is 3. The van der Waals surface area contributed by atoms with E-state index in [9.17, 15) is 10.2 Å². The first kappa shape index (κ1) is 13.5. The van der Waals surface area contributed by atoms with E-state index < -0.39 is 0 Å². The van der Waals surface area contributed by atoms with E-state index in [0.717, 1.165) is 25.3 Å². The topological polar surface area (TPSA) is 74.2 Å². The fourth-order valence-corrected chi connectivity index (χ4v) is 2.63. The SMILES string of the molecule is OCC1CN(c2cccc3c2OC(CO)CO3)CCN1. The molecule has 2 atom stereocenters. The van der Waals surface area contributed by atoms with Crippen molar-refractivity contribution in [3.05, 3.63) is 18.2 Å². The summed E-state index contributed by atoms with van der Waals surface area (Å²) in [4.78, 5) is 2.18. The van der Waals surface area contributed by atoms with Gasteiger partial charge in [0.1, 0.15) is 6.61 Å². The third-order valence-corrected chi connectivity index (χ3v) is 3.69. The molecule has 3 N–H and O–H groups in total. The van der Waals surface area contributed by atoms with Crippen LogP contribution >= 0.6 is 0 Å². The lowest BCUT2D eigenvalue weighted by molar-refractivity contribution is 0.0460. The second-order valence-electron chi connectivity index (χ2n) is 5.12. The minimum absolute atomic E-state index is 0.0609. The molecule has 110 valence electrons. The van der Waals surface area contributed by atoms with Crippen LogP contribution in [-0.2, 0) is 0 Å². The fourth-order valence-electron chi connectivity index (χ4n) is 2.63. The Hall–Kier alpha value is -1.50. The fraction of sp³-hybridized carbons (Fsp3) is 0.571. The molecule has 2 aliphatic rings. The Balaban J connectivity index is 1.86. The highest BCUT2D eigenvalue weighted by molar-refractivity contribution is 5.65. The molecule has 6 heteroatoms. The molecular formula is C14H20N2O4. The number of piperazine rings is 1. The average molecular weight is 280 g/mol. The molecule has 0 aliphatic carbocycles. The minimum Gasteiger partial charge on any atom is -0.486 e. The summed E-state index contributed by atoms with van der Waals surface area (Å²) in [6.45, 7) is 2.81. The van der Waals surface area contributed by atoms with Crippen molar-refractivity contribution >= 4 is 5.69 Å². The zero-order chi connectivity index (χ0) is 13.9. The number of benzene rings is 1. The molecule has 20 heavy (non-hydrogen) atoms. The lowest BCUT2D eigenvalue weighted by Gasteiger charge is -2.37. The molecule has 2 aliphatic heterocycles. The van der Waals surface area contributed by atoms with Crippen LogP contribution in [0.15, 0.2) is 18.2 Å². The van der Waals surface area contributed by atoms with E-state index in [1.54, 1.807) is 0 Å². The highest BCUT2D eigenvalue weighted by Gasteiger charge is 2.27. The summed E-state index contributed by atoms with van der Waals surface area (Å²) in [5, 5.41) is 21.8. The molecule has 0 amide bonds. The van der Waals surface area contributed by atoms with Crippen LogP contribution in [0.2, 0.25) is 0 Å². The van der Waals surface area contributed by atoms with E-state index >= 15 is 0 Å². The van der Waals surface area contributed by atoms with Crippen molar-refractivity contribution in [2.45, 2.75) is 12.1 Å². The van der Waals surface area contributed by atoms with Crippen LogP contribution in [0.1, 0.15) is 0 Å². The molecule has 0 saturated carbocycles. The zero-order valence-electron chi connectivity index (χ0n) is 11.3. The first-order valence-electron chi connectivity index (χ1n) is 6.94. The monoisotopic (exact) mass is 280 g/mol. The molecule has 1 aromatic rings. The normalized spacial score (nSPS) is 25.6. The lowest BCUT2D eigenvalue weighted by Crippen LogP contribution is -2.52. The van der Waals surface area contributed by atoms with Crippen LogP contribution in [0.25, 0.3) is 0 Å². The molecule has 2 heterocycles. The molecule has 0 aromatic heterocycles. The number of aliphatic hydroxyl groups excluding tert-OH is 2. The Morgan fingerprint density at radius 2 is 2.20 bits per heavy atom. The predicted molar refractivity (Wildman–Crippen MR) is 74.5 cm³/mol. The standard InChI is InChI=1S/C14H20N2O4/c17-7-10-6-16(5-4-15-10)12-2-1-3-13-14(12)20-11(8-18)9-19-13/h1-3,10-11,15,17-18H,4-9H2. The zero-order valence-corrected chi connectivity index (χ0v) is 11.3. The van der Waals surface area contributed by atoms with Crippen molar-refractivity contribution in [2.75, 3.05) is 44.4 Å². The largest absolute Gasteiger partial charge is 0.486 e. The highest BCUT2D eigenvalue weighted by Crippen LogP contribution is 2.40. The third-order valence-electron chi connectivity index (χ3n) is 3.69. The smallest absolute Gasteiger partial charge is 0.185 e. The van der Waals surface area contributed by atoms with Crippen LogP contribution in [0.4, 0.5) is 5.69 Å². The van der Waals surface area contributed by atoms with Crippen LogP contribution in [0.5, 0.6) is 11.5 Å². The van der Waals surface area contributed by atoms with E-state index in [1.807, 2.05) is 18.2 Å². The van der Waals surface area contributed by atoms with Gasteiger partial charge in [-0.1, -0.05) is 6.07 Å². The summed E-state index contributed by atoms with van der Waals surface area (Å²) in [5.41, 5.74) is 0.959. The summed E-state index contributed by atoms with van der Waals surface area (Å²) in [6.07, 6.45) is -0.319. The van der Waals surface area contributed by atoms with Gasteiger partial charge in [-0.25, -0.2) is 0 Å². The lowest BCUT2D eigenvalue weighted by atomic mass is 10.1. The van der Waals surface area contributed by atoms with E-state index in [1.165, 1.54) is 0 Å². The molecule has 1 saturated heterocycles. The van der Waals surface area contributed by atoms with Crippen molar-refractivity contribution in [2.24, 2.45) is 0 Å². The van der Waals surface area contributed by atoms with Gasteiger partial charge in [0.15, 0.2) is 17.6 Å². The van der Waals surface area contributed by atoms with Crippen LogP contribution in [-0.4, -0.2) is 61.8 Å². The predicted octanol–water partition coefficient (Wildman–Crippen LogP) is -0.411. The summed E-state index contributed by atoms with van der Waals surface area (Å²) in [6, 6.07) is 5.87. The van der Waals surface area contributed by atoms with Gasteiger partial charge in [0.25, 0.3) is 0 Å². The van der Waals surface area contributed by atoms with Gasteiger partial charge in [0.05, 0.1) is 18.9 Å². The first-order chi connectivity index (χ1) is 9.81. The Morgan fingerprint density at radius 1 is 1.30 bits per heavy atom. The second kappa shape index (κ2) is 5.87. The number of hydrogen-bond acceptors (Lipinski definition) is 6. The number of nitrogens with one attached hydrogen (secondary N) is 1. The number of hydrogen-bond donors (Lipinski definition) is 3.